The van der Waals surface area contributed by atoms with Gasteiger partial charge in [-0.25, -0.2) is 4.79 Å². The van der Waals surface area contributed by atoms with Crippen LogP contribution in [0.2, 0.25) is 0 Å². The number of carbonyl (C=O) groups excluding carboxylic acids is 3. The predicted molar refractivity (Wildman–Crippen MR) is 148 cm³/mol. The monoisotopic (exact) mass is 509 g/mol. The molecule has 0 saturated carbocycles. The summed E-state index contributed by atoms with van der Waals surface area (Å²) in [5, 5.41) is 5.78. The van der Waals surface area contributed by atoms with Crippen LogP contribution in [0.3, 0.4) is 0 Å². The van der Waals surface area contributed by atoms with Crippen molar-refractivity contribution in [2.75, 3.05) is 5.32 Å². The first kappa shape index (κ1) is 29.9. The van der Waals surface area contributed by atoms with Crippen LogP contribution in [0.15, 0.2) is 42.5 Å². The summed E-state index contributed by atoms with van der Waals surface area (Å²) >= 11 is 0. The lowest BCUT2D eigenvalue weighted by Gasteiger charge is -2.38. The topological polar surface area (TPSA) is 87.7 Å². The van der Waals surface area contributed by atoms with E-state index in [2.05, 4.69) is 10.6 Å². The zero-order chi connectivity index (χ0) is 28.1. The quantitative estimate of drug-likeness (QED) is 0.452. The van der Waals surface area contributed by atoms with Gasteiger partial charge in [-0.1, -0.05) is 50.2 Å². The maximum absolute atomic E-state index is 14.1. The van der Waals surface area contributed by atoms with Gasteiger partial charge < -0.3 is 20.3 Å². The number of alkyl carbamates (subject to hydrolysis) is 1. The van der Waals surface area contributed by atoms with Crippen LogP contribution in [0.25, 0.3) is 0 Å². The molecule has 2 rings (SSSR count). The van der Waals surface area contributed by atoms with E-state index in [0.717, 1.165) is 16.7 Å². The van der Waals surface area contributed by atoms with E-state index in [9.17, 15) is 14.4 Å². The maximum Gasteiger partial charge on any atom is 0.408 e. The lowest BCUT2D eigenvalue weighted by atomic mass is 9.95. The first-order valence-electron chi connectivity index (χ1n) is 12.9. The second-order valence-corrected chi connectivity index (χ2v) is 11.3. The van der Waals surface area contributed by atoms with E-state index in [0.29, 0.717) is 11.3 Å². The van der Waals surface area contributed by atoms with Gasteiger partial charge >= 0.3 is 6.09 Å². The van der Waals surface area contributed by atoms with Crippen molar-refractivity contribution >= 4 is 23.6 Å². The average molecular weight is 510 g/mol. The Balaban J connectivity index is 2.55. The first-order valence-corrected chi connectivity index (χ1v) is 12.9. The standard InChI is InChI=1S/C30H43N3O4/c1-18(2)25(32-29(36)37-30(8,9)10)28(35)33(19(3)4)26(23-16-15-20(5)22(7)17-23)27(34)31-24-14-12-11-13-21(24)6/h11-19,25-26H,1-10H3,(H,31,34)(H,32,36). The number of amides is 3. The highest BCUT2D eigenvalue weighted by Crippen LogP contribution is 2.29. The molecule has 0 radical (unpaired) electrons. The largest absolute Gasteiger partial charge is 0.444 e. The summed E-state index contributed by atoms with van der Waals surface area (Å²) in [6, 6.07) is 11.2. The van der Waals surface area contributed by atoms with Crippen molar-refractivity contribution in [3.63, 3.8) is 0 Å². The van der Waals surface area contributed by atoms with Gasteiger partial charge in [0.15, 0.2) is 0 Å². The minimum Gasteiger partial charge on any atom is -0.444 e. The van der Waals surface area contributed by atoms with Gasteiger partial charge in [0, 0.05) is 11.7 Å². The Labute approximate surface area is 222 Å². The molecule has 2 atom stereocenters. The van der Waals surface area contributed by atoms with Crippen molar-refractivity contribution in [2.24, 2.45) is 5.92 Å². The van der Waals surface area contributed by atoms with Gasteiger partial charge in [0.1, 0.15) is 17.7 Å². The Morgan fingerprint density at radius 1 is 0.865 bits per heavy atom. The molecule has 202 valence electrons. The molecule has 0 aromatic heterocycles. The molecule has 37 heavy (non-hydrogen) atoms. The number of benzene rings is 2. The van der Waals surface area contributed by atoms with Crippen molar-refractivity contribution in [3.05, 3.63) is 64.7 Å². The van der Waals surface area contributed by atoms with Gasteiger partial charge in [-0.3, -0.25) is 9.59 Å². The molecule has 2 unspecified atom stereocenters. The SMILES string of the molecule is Cc1ccc(C(C(=O)Nc2ccccc2C)N(C(=O)C(NC(=O)OC(C)(C)C)C(C)C)C(C)C)cc1C. The Morgan fingerprint density at radius 3 is 2.00 bits per heavy atom. The smallest absolute Gasteiger partial charge is 0.408 e. The number of nitrogens with one attached hydrogen (secondary N) is 2. The molecule has 0 aliphatic carbocycles. The minimum absolute atomic E-state index is 0.235. The molecule has 2 aromatic rings. The number of rotatable bonds is 8. The molecule has 2 N–H and O–H groups in total. The fourth-order valence-corrected chi connectivity index (χ4v) is 4.08. The highest BCUT2D eigenvalue weighted by molar-refractivity contribution is 5.99. The second-order valence-electron chi connectivity index (χ2n) is 11.3. The number of ether oxygens (including phenoxy) is 1. The summed E-state index contributed by atoms with van der Waals surface area (Å²) in [5.74, 6) is -0.903. The summed E-state index contributed by atoms with van der Waals surface area (Å²) in [5.41, 5.74) is 3.72. The molecule has 0 fully saturated rings. The van der Waals surface area contributed by atoms with Gasteiger partial charge in [0.25, 0.3) is 5.91 Å². The lowest BCUT2D eigenvalue weighted by Crippen LogP contribution is -2.56. The molecular formula is C30H43N3O4. The summed E-state index contributed by atoms with van der Waals surface area (Å²) in [7, 11) is 0. The molecule has 0 aliphatic rings. The number of hydrogen-bond donors (Lipinski definition) is 2. The van der Waals surface area contributed by atoms with Crippen LogP contribution in [0.5, 0.6) is 0 Å². The van der Waals surface area contributed by atoms with Crippen molar-refractivity contribution in [1.82, 2.24) is 10.2 Å². The van der Waals surface area contributed by atoms with Crippen LogP contribution in [0.1, 0.15) is 76.8 Å². The van der Waals surface area contributed by atoms with Crippen LogP contribution in [0.4, 0.5) is 10.5 Å². The molecule has 7 heteroatoms. The van der Waals surface area contributed by atoms with Crippen molar-refractivity contribution < 1.29 is 19.1 Å². The second kappa shape index (κ2) is 12.3. The number of aryl methyl sites for hydroxylation is 3. The van der Waals surface area contributed by atoms with Crippen LogP contribution >= 0.6 is 0 Å². The summed E-state index contributed by atoms with van der Waals surface area (Å²) < 4.78 is 5.42. The van der Waals surface area contributed by atoms with Crippen molar-refractivity contribution in [1.29, 1.82) is 0 Å². The van der Waals surface area contributed by atoms with Gasteiger partial charge in [0.05, 0.1) is 0 Å². The third kappa shape index (κ3) is 8.07. The average Bonchev–Trinajstić information content (AvgIpc) is 2.77. The van der Waals surface area contributed by atoms with E-state index in [4.69, 9.17) is 4.74 Å². The Hall–Kier alpha value is -3.35. The third-order valence-corrected chi connectivity index (χ3v) is 6.19. The zero-order valence-electron chi connectivity index (χ0n) is 23.9. The highest BCUT2D eigenvalue weighted by Gasteiger charge is 2.39. The van der Waals surface area contributed by atoms with E-state index in [-0.39, 0.29) is 23.8 Å². The maximum atomic E-state index is 14.1. The Bertz CT molecular complexity index is 1120. The molecule has 0 bridgehead atoms. The van der Waals surface area contributed by atoms with Gasteiger partial charge in [-0.2, -0.15) is 0 Å². The molecule has 0 saturated heterocycles. The molecule has 3 amide bonds. The van der Waals surface area contributed by atoms with Crippen molar-refractivity contribution in [2.45, 2.75) is 93.0 Å². The molecule has 2 aromatic carbocycles. The van der Waals surface area contributed by atoms with Crippen molar-refractivity contribution in [3.8, 4) is 0 Å². The van der Waals surface area contributed by atoms with Gasteiger partial charge in [-0.15, -0.1) is 0 Å². The van der Waals surface area contributed by atoms with Crippen LogP contribution < -0.4 is 10.6 Å². The predicted octanol–water partition coefficient (Wildman–Crippen LogP) is 6.08. The first-order chi connectivity index (χ1) is 17.1. The van der Waals surface area contributed by atoms with Crippen LogP contribution in [-0.4, -0.2) is 40.5 Å². The van der Waals surface area contributed by atoms with E-state index in [1.807, 2.05) is 90.9 Å². The van der Waals surface area contributed by atoms with Gasteiger partial charge in [0.2, 0.25) is 5.91 Å². The van der Waals surface area contributed by atoms with Crippen LogP contribution in [-0.2, 0) is 14.3 Å². The summed E-state index contributed by atoms with van der Waals surface area (Å²) in [6.07, 6.45) is -0.671. The van der Waals surface area contributed by atoms with Gasteiger partial charge in [-0.05, 0) is 89.6 Å². The van der Waals surface area contributed by atoms with E-state index >= 15 is 0 Å². The zero-order valence-corrected chi connectivity index (χ0v) is 23.9. The molecular weight excluding hydrogens is 466 g/mol. The summed E-state index contributed by atoms with van der Waals surface area (Å²) in [4.78, 5) is 42.2. The lowest BCUT2D eigenvalue weighted by molar-refractivity contribution is -0.143. The van der Waals surface area contributed by atoms with E-state index in [1.54, 1.807) is 25.7 Å². The third-order valence-electron chi connectivity index (χ3n) is 6.19. The normalized spacial score (nSPS) is 13.2. The number of para-hydroxylation sites is 1. The molecule has 0 aliphatic heterocycles. The number of carbonyl (C=O) groups is 3. The Morgan fingerprint density at radius 2 is 1.49 bits per heavy atom. The molecule has 0 heterocycles. The van der Waals surface area contributed by atoms with Crippen LogP contribution in [0, 0.1) is 26.7 Å². The number of anilines is 1. The van der Waals surface area contributed by atoms with E-state index in [1.165, 1.54) is 0 Å². The fraction of sp³-hybridized carbons (Fsp3) is 0.500. The Kier molecular flexibility index (Phi) is 9.90. The fourth-order valence-electron chi connectivity index (χ4n) is 4.08. The summed E-state index contributed by atoms with van der Waals surface area (Å²) in [6.45, 7) is 18.7. The minimum atomic E-state index is -0.909. The number of hydrogen-bond acceptors (Lipinski definition) is 4. The molecule has 7 nitrogen and oxygen atoms in total. The highest BCUT2D eigenvalue weighted by atomic mass is 16.6. The number of nitrogens with zero attached hydrogens (tertiary/aromatic N) is 1. The van der Waals surface area contributed by atoms with E-state index < -0.39 is 23.8 Å². The molecule has 0 spiro atoms.